The van der Waals surface area contributed by atoms with E-state index in [1.54, 1.807) is 43.5 Å². The minimum absolute atomic E-state index is 0.175. The molecule has 0 saturated carbocycles. The molecule has 4 heteroatoms. The molecule has 100 valence electrons. The largest absolute Gasteiger partial charge is 0.497 e. The average molecular weight is 268 g/mol. The number of furan rings is 1. The van der Waals surface area contributed by atoms with Crippen molar-refractivity contribution in [2.75, 3.05) is 7.11 Å². The van der Waals surface area contributed by atoms with Gasteiger partial charge in [-0.3, -0.25) is 0 Å². The Balaban J connectivity index is 1.85. The van der Waals surface area contributed by atoms with Crippen molar-refractivity contribution in [2.24, 2.45) is 0 Å². The van der Waals surface area contributed by atoms with E-state index in [4.69, 9.17) is 13.9 Å². The Kier molecular flexibility index (Phi) is 3.13. The van der Waals surface area contributed by atoms with Gasteiger partial charge in [0.2, 0.25) is 5.76 Å². The van der Waals surface area contributed by atoms with Gasteiger partial charge in [-0.1, -0.05) is 24.3 Å². The first-order valence-corrected chi connectivity index (χ1v) is 6.11. The van der Waals surface area contributed by atoms with Gasteiger partial charge in [0.1, 0.15) is 17.1 Å². The number of carbonyl (C=O) groups excluding carboxylic acids is 1. The van der Waals surface area contributed by atoms with Crippen LogP contribution in [0.4, 0.5) is 0 Å². The molecule has 1 aromatic heterocycles. The van der Waals surface area contributed by atoms with E-state index in [0.29, 0.717) is 17.1 Å². The minimum atomic E-state index is -0.533. The van der Waals surface area contributed by atoms with Crippen LogP contribution in [-0.4, -0.2) is 13.1 Å². The van der Waals surface area contributed by atoms with Gasteiger partial charge in [0.25, 0.3) is 0 Å². The molecule has 0 unspecified atom stereocenters. The van der Waals surface area contributed by atoms with Gasteiger partial charge in [0, 0.05) is 11.5 Å². The Hall–Kier alpha value is -2.75. The highest BCUT2D eigenvalue weighted by atomic mass is 16.5. The highest BCUT2D eigenvalue weighted by molar-refractivity contribution is 5.93. The van der Waals surface area contributed by atoms with Crippen molar-refractivity contribution in [1.29, 1.82) is 0 Å². The third-order valence-corrected chi connectivity index (χ3v) is 2.88. The topological polar surface area (TPSA) is 48.7 Å². The summed E-state index contributed by atoms with van der Waals surface area (Å²) in [4.78, 5) is 12.0. The average Bonchev–Trinajstić information content (AvgIpc) is 2.91. The van der Waals surface area contributed by atoms with Gasteiger partial charge in [-0.2, -0.15) is 0 Å². The van der Waals surface area contributed by atoms with Gasteiger partial charge in [-0.05, 0) is 24.3 Å². The van der Waals surface area contributed by atoms with Crippen LogP contribution in [0.3, 0.4) is 0 Å². The Morgan fingerprint density at radius 1 is 1.00 bits per heavy atom. The molecule has 0 amide bonds. The second-order valence-corrected chi connectivity index (χ2v) is 4.22. The van der Waals surface area contributed by atoms with Crippen LogP contribution < -0.4 is 9.47 Å². The fraction of sp³-hybridized carbons (Fsp3) is 0.0625. The number of hydrogen-bond donors (Lipinski definition) is 0. The van der Waals surface area contributed by atoms with Crippen molar-refractivity contribution in [1.82, 2.24) is 0 Å². The van der Waals surface area contributed by atoms with Crippen LogP contribution in [0.15, 0.2) is 59.0 Å². The highest BCUT2D eigenvalue weighted by Crippen LogP contribution is 2.22. The van der Waals surface area contributed by atoms with Crippen molar-refractivity contribution in [3.05, 3.63) is 60.4 Å². The lowest BCUT2D eigenvalue weighted by atomic mass is 10.2. The summed E-state index contributed by atoms with van der Waals surface area (Å²) in [6.45, 7) is 0. The fourth-order valence-electron chi connectivity index (χ4n) is 1.90. The van der Waals surface area contributed by atoms with E-state index in [0.717, 1.165) is 5.39 Å². The Bertz CT molecular complexity index is 725. The maximum absolute atomic E-state index is 12.0. The van der Waals surface area contributed by atoms with Crippen molar-refractivity contribution in [3.8, 4) is 11.5 Å². The molecule has 20 heavy (non-hydrogen) atoms. The fourth-order valence-corrected chi connectivity index (χ4v) is 1.90. The molecule has 0 bridgehead atoms. The predicted octanol–water partition coefficient (Wildman–Crippen LogP) is 3.66. The van der Waals surface area contributed by atoms with Gasteiger partial charge < -0.3 is 13.9 Å². The summed E-state index contributed by atoms with van der Waals surface area (Å²) in [6, 6.07) is 15.9. The smallest absolute Gasteiger partial charge is 0.379 e. The summed E-state index contributed by atoms with van der Waals surface area (Å²) >= 11 is 0. The minimum Gasteiger partial charge on any atom is -0.497 e. The predicted molar refractivity (Wildman–Crippen MR) is 74.2 cm³/mol. The number of rotatable bonds is 3. The van der Waals surface area contributed by atoms with Crippen LogP contribution in [0.1, 0.15) is 10.6 Å². The molecule has 0 aliphatic carbocycles. The Morgan fingerprint density at radius 3 is 2.60 bits per heavy atom. The molecule has 3 rings (SSSR count). The first kappa shape index (κ1) is 12.3. The molecule has 2 aromatic carbocycles. The third kappa shape index (κ3) is 2.36. The zero-order valence-electron chi connectivity index (χ0n) is 10.8. The second-order valence-electron chi connectivity index (χ2n) is 4.22. The molecule has 3 aromatic rings. The number of carbonyl (C=O) groups is 1. The molecule has 0 fully saturated rings. The molecule has 0 radical (unpaired) electrons. The molecule has 0 atom stereocenters. The summed E-state index contributed by atoms with van der Waals surface area (Å²) in [5, 5.41) is 0.866. The van der Waals surface area contributed by atoms with E-state index >= 15 is 0 Å². The third-order valence-electron chi connectivity index (χ3n) is 2.88. The van der Waals surface area contributed by atoms with E-state index < -0.39 is 5.97 Å². The summed E-state index contributed by atoms with van der Waals surface area (Å²) in [5.74, 6) is 0.679. The van der Waals surface area contributed by atoms with Gasteiger partial charge >= 0.3 is 5.97 Å². The molecule has 0 N–H and O–H groups in total. The molecular formula is C16H12O4. The summed E-state index contributed by atoms with van der Waals surface area (Å²) in [6.07, 6.45) is 0. The number of para-hydroxylation sites is 1. The Labute approximate surface area is 115 Å². The lowest BCUT2D eigenvalue weighted by Gasteiger charge is -2.04. The summed E-state index contributed by atoms with van der Waals surface area (Å²) < 4.78 is 15.8. The molecule has 1 heterocycles. The first-order chi connectivity index (χ1) is 9.76. The molecule has 0 spiro atoms. The monoisotopic (exact) mass is 268 g/mol. The molecule has 4 nitrogen and oxygen atoms in total. The van der Waals surface area contributed by atoms with Crippen LogP contribution in [0, 0.1) is 0 Å². The van der Waals surface area contributed by atoms with Gasteiger partial charge in [0.15, 0.2) is 0 Å². The van der Waals surface area contributed by atoms with Crippen molar-refractivity contribution in [2.45, 2.75) is 0 Å². The van der Waals surface area contributed by atoms with Crippen LogP contribution >= 0.6 is 0 Å². The normalized spacial score (nSPS) is 10.4. The van der Waals surface area contributed by atoms with E-state index in [2.05, 4.69) is 0 Å². The van der Waals surface area contributed by atoms with Crippen LogP contribution in [0.25, 0.3) is 11.0 Å². The summed E-state index contributed by atoms with van der Waals surface area (Å²) in [5.41, 5.74) is 0.657. The van der Waals surface area contributed by atoms with Crippen molar-refractivity contribution < 1.29 is 18.7 Å². The molecular weight excluding hydrogens is 256 g/mol. The van der Waals surface area contributed by atoms with E-state index in [1.807, 2.05) is 18.2 Å². The highest BCUT2D eigenvalue weighted by Gasteiger charge is 2.14. The second kappa shape index (κ2) is 5.09. The lowest BCUT2D eigenvalue weighted by molar-refractivity contribution is 0.0703. The molecule has 0 saturated heterocycles. The first-order valence-electron chi connectivity index (χ1n) is 6.11. The van der Waals surface area contributed by atoms with Crippen LogP contribution in [0.5, 0.6) is 11.5 Å². The van der Waals surface area contributed by atoms with Crippen molar-refractivity contribution in [3.63, 3.8) is 0 Å². The molecule has 0 aliphatic heterocycles. The standard InChI is InChI=1S/C16H12O4/c1-18-12-6-4-7-13(10-12)19-16(17)15-9-11-5-2-3-8-14(11)20-15/h2-10H,1H3. The zero-order valence-corrected chi connectivity index (χ0v) is 10.8. The van der Waals surface area contributed by atoms with E-state index in [-0.39, 0.29) is 5.76 Å². The van der Waals surface area contributed by atoms with Gasteiger partial charge in [-0.15, -0.1) is 0 Å². The van der Waals surface area contributed by atoms with E-state index in [9.17, 15) is 4.79 Å². The van der Waals surface area contributed by atoms with Crippen molar-refractivity contribution >= 4 is 16.9 Å². The number of fused-ring (bicyclic) bond motifs is 1. The lowest BCUT2D eigenvalue weighted by Crippen LogP contribution is -2.07. The zero-order chi connectivity index (χ0) is 13.9. The van der Waals surface area contributed by atoms with Crippen LogP contribution in [0.2, 0.25) is 0 Å². The number of hydrogen-bond acceptors (Lipinski definition) is 4. The van der Waals surface area contributed by atoms with Gasteiger partial charge in [-0.25, -0.2) is 4.79 Å². The maximum Gasteiger partial charge on any atom is 0.379 e. The maximum atomic E-state index is 12.0. The van der Waals surface area contributed by atoms with Crippen LogP contribution in [-0.2, 0) is 0 Å². The number of ether oxygens (including phenoxy) is 2. The number of methoxy groups -OCH3 is 1. The summed E-state index contributed by atoms with van der Waals surface area (Å²) in [7, 11) is 1.56. The van der Waals surface area contributed by atoms with E-state index in [1.165, 1.54) is 0 Å². The number of benzene rings is 2. The van der Waals surface area contributed by atoms with Gasteiger partial charge in [0.05, 0.1) is 7.11 Å². The SMILES string of the molecule is COc1cccc(OC(=O)c2cc3ccccc3o2)c1. The Morgan fingerprint density at radius 2 is 1.80 bits per heavy atom. The quantitative estimate of drug-likeness (QED) is 0.537. The number of esters is 1. The molecule has 0 aliphatic rings.